The lowest BCUT2D eigenvalue weighted by molar-refractivity contribution is -0.165. The molecule has 0 spiro atoms. The van der Waals surface area contributed by atoms with Gasteiger partial charge in [0.05, 0.1) is 0 Å². The number of rotatable bonds is 7. The molecule has 0 aromatic carbocycles. The second-order valence-corrected chi connectivity index (χ2v) is 6.51. The van der Waals surface area contributed by atoms with Crippen LogP contribution in [-0.4, -0.2) is 36.2 Å². The average Bonchev–Trinajstić information content (AvgIpc) is 2.25. The summed E-state index contributed by atoms with van der Waals surface area (Å²) < 4.78 is 10.5. The zero-order chi connectivity index (χ0) is 15.9. The van der Waals surface area contributed by atoms with Crippen LogP contribution in [-0.2, 0) is 19.1 Å². The summed E-state index contributed by atoms with van der Waals surface area (Å²) in [4.78, 5) is 23.6. The molecule has 1 amide bonds. The smallest absolute Gasteiger partial charge is 0.335 e. The third-order valence-electron chi connectivity index (χ3n) is 2.56. The normalized spacial score (nSPS) is 14.8. The molecule has 0 saturated heterocycles. The summed E-state index contributed by atoms with van der Waals surface area (Å²) in [5.41, 5.74) is -0.350. The molecule has 2 atom stereocenters. The number of esters is 1. The molecule has 0 radical (unpaired) electrons. The molecule has 0 heterocycles. The Morgan fingerprint density at radius 3 is 2.05 bits per heavy atom. The first kappa shape index (κ1) is 18.9. The fraction of sp³-hybridized carbons (Fsp3) is 0.867. The van der Waals surface area contributed by atoms with E-state index in [1.165, 1.54) is 0 Å². The molecule has 5 nitrogen and oxygen atoms in total. The first-order valence-corrected chi connectivity index (χ1v) is 7.17. The van der Waals surface area contributed by atoms with E-state index in [-0.39, 0.29) is 11.4 Å². The van der Waals surface area contributed by atoms with E-state index in [1.54, 1.807) is 13.8 Å². The summed E-state index contributed by atoms with van der Waals surface area (Å²) >= 11 is 0. The molecule has 20 heavy (non-hydrogen) atoms. The molecule has 0 aromatic heterocycles. The molecular weight excluding hydrogens is 258 g/mol. The van der Waals surface area contributed by atoms with Gasteiger partial charge < -0.3 is 14.8 Å². The number of carbonyl (C=O) groups excluding carboxylic acids is 2. The Morgan fingerprint density at radius 2 is 1.60 bits per heavy atom. The highest BCUT2D eigenvalue weighted by molar-refractivity contribution is 5.84. The lowest BCUT2D eigenvalue weighted by atomic mass is 10.1. The van der Waals surface area contributed by atoms with Crippen molar-refractivity contribution in [3.8, 4) is 0 Å². The predicted octanol–water partition coefficient (Wildman–Crippen LogP) is 2.28. The van der Waals surface area contributed by atoms with E-state index in [2.05, 4.69) is 19.2 Å². The molecule has 0 aromatic rings. The quantitative estimate of drug-likeness (QED) is 0.730. The van der Waals surface area contributed by atoms with E-state index in [0.29, 0.717) is 12.5 Å². The highest BCUT2D eigenvalue weighted by Gasteiger charge is 2.24. The molecule has 118 valence electrons. The molecule has 2 unspecified atom stereocenters. The second kappa shape index (κ2) is 8.25. The third kappa shape index (κ3) is 8.91. The molecule has 1 N–H and O–H groups in total. The lowest BCUT2D eigenvalue weighted by Gasteiger charge is -2.24. The van der Waals surface area contributed by atoms with E-state index in [4.69, 9.17) is 9.47 Å². The van der Waals surface area contributed by atoms with E-state index in [0.717, 1.165) is 6.42 Å². The van der Waals surface area contributed by atoms with Gasteiger partial charge >= 0.3 is 5.97 Å². The molecule has 0 fully saturated rings. The lowest BCUT2D eigenvalue weighted by Crippen LogP contribution is -2.46. The topological polar surface area (TPSA) is 64.6 Å². The second-order valence-electron chi connectivity index (χ2n) is 6.51. The maximum atomic E-state index is 11.8. The van der Waals surface area contributed by atoms with Crippen LogP contribution in [0.3, 0.4) is 0 Å². The Balaban J connectivity index is 4.14. The molecule has 0 aliphatic heterocycles. The molecular formula is C15H29NO4. The van der Waals surface area contributed by atoms with Gasteiger partial charge in [-0.05, 0) is 47.0 Å². The number of ether oxygens (including phenoxy) is 2. The molecule has 0 aliphatic rings. The zero-order valence-corrected chi connectivity index (χ0v) is 13.8. The van der Waals surface area contributed by atoms with Crippen LogP contribution in [0.15, 0.2) is 0 Å². The minimum Gasteiger partial charge on any atom is -0.451 e. The number of hydrogen-bond donors (Lipinski definition) is 1. The van der Waals surface area contributed by atoms with Gasteiger partial charge in [-0.25, -0.2) is 4.79 Å². The summed E-state index contributed by atoms with van der Waals surface area (Å²) in [6.45, 7) is 13.5. The summed E-state index contributed by atoms with van der Waals surface area (Å²) in [6.07, 6.45) is -0.589. The van der Waals surface area contributed by atoms with Crippen LogP contribution in [0.4, 0.5) is 0 Å². The SMILES string of the molecule is CC(C)CCOC(C)C(=O)OC(C)C(=O)NC(C)(C)C. The average molecular weight is 287 g/mol. The fourth-order valence-corrected chi connectivity index (χ4v) is 1.34. The van der Waals surface area contributed by atoms with Crippen molar-refractivity contribution in [2.24, 2.45) is 5.92 Å². The van der Waals surface area contributed by atoms with Gasteiger partial charge in [0.25, 0.3) is 5.91 Å². The summed E-state index contributed by atoms with van der Waals surface area (Å²) in [5.74, 6) is -0.291. The first-order valence-electron chi connectivity index (χ1n) is 7.17. The Morgan fingerprint density at radius 1 is 1.05 bits per heavy atom. The zero-order valence-electron chi connectivity index (χ0n) is 13.8. The fourth-order valence-electron chi connectivity index (χ4n) is 1.34. The van der Waals surface area contributed by atoms with Gasteiger partial charge in [-0.3, -0.25) is 4.79 Å². The van der Waals surface area contributed by atoms with Gasteiger partial charge in [0.15, 0.2) is 12.2 Å². The molecule has 5 heteroatoms. The van der Waals surface area contributed by atoms with Crippen molar-refractivity contribution in [3.05, 3.63) is 0 Å². The van der Waals surface area contributed by atoms with Gasteiger partial charge in [-0.2, -0.15) is 0 Å². The van der Waals surface area contributed by atoms with Gasteiger partial charge in [0.2, 0.25) is 0 Å². The van der Waals surface area contributed by atoms with Crippen LogP contribution in [0.2, 0.25) is 0 Å². The number of amides is 1. The minimum atomic E-state index is -0.821. The van der Waals surface area contributed by atoms with E-state index in [1.807, 2.05) is 20.8 Å². The molecule has 0 aliphatic carbocycles. The van der Waals surface area contributed by atoms with Crippen molar-refractivity contribution in [2.45, 2.75) is 72.6 Å². The van der Waals surface area contributed by atoms with Crippen molar-refractivity contribution in [1.29, 1.82) is 0 Å². The minimum absolute atomic E-state index is 0.305. The highest BCUT2D eigenvalue weighted by atomic mass is 16.6. The Labute approximate surface area is 122 Å². The van der Waals surface area contributed by atoms with Crippen LogP contribution in [0.25, 0.3) is 0 Å². The molecule has 0 saturated carbocycles. The van der Waals surface area contributed by atoms with Gasteiger partial charge in [0.1, 0.15) is 0 Å². The Hall–Kier alpha value is -1.10. The largest absolute Gasteiger partial charge is 0.451 e. The molecule has 0 rings (SSSR count). The Kier molecular flexibility index (Phi) is 7.79. The third-order valence-corrected chi connectivity index (χ3v) is 2.56. The van der Waals surface area contributed by atoms with Crippen LogP contribution in [0.5, 0.6) is 0 Å². The van der Waals surface area contributed by atoms with Crippen molar-refractivity contribution in [3.63, 3.8) is 0 Å². The predicted molar refractivity (Wildman–Crippen MR) is 78.3 cm³/mol. The number of nitrogens with one attached hydrogen (secondary N) is 1. The summed E-state index contributed by atoms with van der Waals surface area (Å²) in [5, 5.41) is 2.76. The van der Waals surface area contributed by atoms with Crippen molar-refractivity contribution >= 4 is 11.9 Å². The van der Waals surface area contributed by atoms with E-state index >= 15 is 0 Å². The van der Waals surface area contributed by atoms with Gasteiger partial charge in [0, 0.05) is 12.1 Å². The van der Waals surface area contributed by atoms with Crippen LogP contribution < -0.4 is 5.32 Å². The van der Waals surface area contributed by atoms with Crippen molar-refractivity contribution in [2.75, 3.05) is 6.61 Å². The standard InChI is InChI=1S/C15H29NO4/c1-10(2)8-9-19-12(4)14(18)20-11(3)13(17)16-15(5,6)7/h10-12H,8-9H2,1-7H3,(H,16,17). The Bertz CT molecular complexity index is 320. The van der Waals surface area contributed by atoms with Crippen molar-refractivity contribution < 1.29 is 19.1 Å². The summed E-state index contributed by atoms with van der Waals surface area (Å²) in [7, 11) is 0. The van der Waals surface area contributed by atoms with Crippen molar-refractivity contribution in [1.82, 2.24) is 5.32 Å². The molecule has 0 bridgehead atoms. The van der Waals surface area contributed by atoms with Crippen LogP contribution in [0.1, 0.15) is 54.9 Å². The summed E-state index contributed by atoms with van der Waals surface area (Å²) in [6, 6.07) is 0. The highest BCUT2D eigenvalue weighted by Crippen LogP contribution is 2.05. The van der Waals surface area contributed by atoms with Gasteiger partial charge in [-0.15, -0.1) is 0 Å². The maximum absolute atomic E-state index is 11.8. The van der Waals surface area contributed by atoms with Gasteiger partial charge in [-0.1, -0.05) is 13.8 Å². The number of carbonyl (C=O) groups is 2. The maximum Gasteiger partial charge on any atom is 0.335 e. The van der Waals surface area contributed by atoms with Crippen LogP contribution >= 0.6 is 0 Å². The monoisotopic (exact) mass is 287 g/mol. The van der Waals surface area contributed by atoms with Crippen LogP contribution in [0, 0.1) is 5.92 Å². The van der Waals surface area contributed by atoms with E-state index in [9.17, 15) is 9.59 Å². The van der Waals surface area contributed by atoms with E-state index < -0.39 is 18.2 Å². The first-order chi connectivity index (χ1) is 9.03. The number of hydrogen-bond acceptors (Lipinski definition) is 4.